The lowest BCUT2D eigenvalue weighted by Crippen LogP contribution is -2.01. The van der Waals surface area contributed by atoms with E-state index in [1.807, 2.05) is 30.1 Å². The molecule has 0 fully saturated rings. The SMILES string of the molecule is Cc1cc(NCc2csnn2)nn1C. The number of nitrogens with zero attached hydrogens (tertiary/aromatic N) is 4. The number of rotatable bonds is 3. The van der Waals surface area contributed by atoms with E-state index in [0.717, 1.165) is 17.2 Å². The van der Waals surface area contributed by atoms with E-state index >= 15 is 0 Å². The Morgan fingerprint density at radius 1 is 1.57 bits per heavy atom. The van der Waals surface area contributed by atoms with Crippen molar-refractivity contribution in [1.29, 1.82) is 0 Å². The van der Waals surface area contributed by atoms with Crippen molar-refractivity contribution in [1.82, 2.24) is 19.4 Å². The van der Waals surface area contributed by atoms with Crippen LogP contribution in [0.15, 0.2) is 11.4 Å². The molecule has 14 heavy (non-hydrogen) atoms. The molecule has 0 atom stereocenters. The maximum absolute atomic E-state index is 4.27. The fraction of sp³-hybridized carbons (Fsp3) is 0.375. The van der Waals surface area contributed by atoms with Gasteiger partial charge in [0.25, 0.3) is 0 Å². The molecule has 0 saturated heterocycles. The molecule has 2 rings (SSSR count). The van der Waals surface area contributed by atoms with Gasteiger partial charge in [0, 0.05) is 24.2 Å². The van der Waals surface area contributed by atoms with Crippen molar-refractivity contribution >= 4 is 17.4 Å². The molecule has 2 heterocycles. The van der Waals surface area contributed by atoms with Gasteiger partial charge in [-0.05, 0) is 18.5 Å². The Balaban J connectivity index is 1.98. The Bertz CT molecular complexity index is 386. The summed E-state index contributed by atoms with van der Waals surface area (Å²) in [5.41, 5.74) is 2.07. The summed E-state index contributed by atoms with van der Waals surface area (Å²) in [6.07, 6.45) is 0. The van der Waals surface area contributed by atoms with E-state index in [1.54, 1.807) is 0 Å². The maximum Gasteiger partial charge on any atom is 0.148 e. The van der Waals surface area contributed by atoms with Crippen molar-refractivity contribution in [2.24, 2.45) is 7.05 Å². The van der Waals surface area contributed by atoms with Gasteiger partial charge in [-0.15, -0.1) is 5.10 Å². The van der Waals surface area contributed by atoms with Gasteiger partial charge in [0.15, 0.2) is 0 Å². The smallest absolute Gasteiger partial charge is 0.148 e. The van der Waals surface area contributed by atoms with Gasteiger partial charge >= 0.3 is 0 Å². The highest BCUT2D eigenvalue weighted by Gasteiger charge is 2.01. The second-order valence-corrected chi connectivity index (χ2v) is 3.65. The van der Waals surface area contributed by atoms with Gasteiger partial charge in [-0.3, -0.25) is 4.68 Å². The van der Waals surface area contributed by atoms with E-state index in [0.29, 0.717) is 6.54 Å². The Kier molecular flexibility index (Phi) is 2.45. The first kappa shape index (κ1) is 9.14. The monoisotopic (exact) mass is 209 g/mol. The highest BCUT2D eigenvalue weighted by atomic mass is 32.1. The van der Waals surface area contributed by atoms with Crippen LogP contribution in [0.2, 0.25) is 0 Å². The predicted octanol–water partition coefficient (Wildman–Crippen LogP) is 1.19. The minimum Gasteiger partial charge on any atom is -0.363 e. The number of aryl methyl sites for hydroxylation is 2. The van der Waals surface area contributed by atoms with Crippen LogP contribution in [-0.2, 0) is 13.6 Å². The molecule has 0 radical (unpaired) electrons. The molecular weight excluding hydrogens is 198 g/mol. The molecule has 0 aliphatic rings. The number of hydrogen-bond donors (Lipinski definition) is 1. The summed E-state index contributed by atoms with van der Waals surface area (Å²) in [6.45, 7) is 2.69. The second kappa shape index (κ2) is 3.75. The normalized spacial score (nSPS) is 10.4. The molecule has 0 bridgehead atoms. The summed E-state index contributed by atoms with van der Waals surface area (Å²) in [5.74, 6) is 0.873. The average Bonchev–Trinajstić information content (AvgIpc) is 2.74. The van der Waals surface area contributed by atoms with Crippen LogP contribution in [0.1, 0.15) is 11.4 Å². The van der Waals surface area contributed by atoms with Gasteiger partial charge in [-0.1, -0.05) is 4.49 Å². The van der Waals surface area contributed by atoms with Crippen molar-refractivity contribution in [3.8, 4) is 0 Å². The lowest BCUT2D eigenvalue weighted by Gasteiger charge is -1.97. The van der Waals surface area contributed by atoms with E-state index in [4.69, 9.17) is 0 Å². The quantitative estimate of drug-likeness (QED) is 0.825. The third kappa shape index (κ3) is 1.90. The molecule has 1 N–H and O–H groups in total. The van der Waals surface area contributed by atoms with Crippen molar-refractivity contribution in [2.75, 3.05) is 5.32 Å². The van der Waals surface area contributed by atoms with Gasteiger partial charge in [0.2, 0.25) is 0 Å². The number of hydrogen-bond acceptors (Lipinski definition) is 5. The highest BCUT2D eigenvalue weighted by molar-refractivity contribution is 7.03. The molecule has 74 valence electrons. The molecule has 2 aromatic rings. The van der Waals surface area contributed by atoms with E-state index in [2.05, 4.69) is 20.0 Å². The van der Waals surface area contributed by atoms with Gasteiger partial charge in [-0.25, -0.2) is 0 Å². The molecule has 0 saturated carbocycles. The van der Waals surface area contributed by atoms with E-state index in [-0.39, 0.29) is 0 Å². The van der Waals surface area contributed by atoms with Crippen molar-refractivity contribution in [2.45, 2.75) is 13.5 Å². The molecule has 0 aliphatic heterocycles. The molecule has 0 spiro atoms. The largest absolute Gasteiger partial charge is 0.363 e. The van der Waals surface area contributed by atoms with Crippen molar-refractivity contribution in [3.63, 3.8) is 0 Å². The zero-order valence-corrected chi connectivity index (χ0v) is 8.88. The number of anilines is 1. The first-order valence-corrected chi connectivity index (χ1v) is 5.10. The van der Waals surface area contributed by atoms with E-state index in [1.165, 1.54) is 11.5 Å². The lowest BCUT2D eigenvalue weighted by molar-refractivity contribution is 0.740. The Morgan fingerprint density at radius 2 is 2.43 bits per heavy atom. The molecule has 5 nitrogen and oxygen atoms in total. The fourth-order valence-corrected chi connectivity index (χ4v) is 1.54. The first-order chi connectivity index (χ1) is 6.75. The van der Waals surface area contributed by atoms with Crippen LogP contribution in [0.4, 0.5) is 5.82 Å². The second-order valence-electron chi connectivity index (χ2n) is 3.04. The van der Waals surface area contributed by atoms with Crippen LogP contribution >= 0.6 is 11.5 Å². The summed E-state index contributed by atoms with van der Waals surface area (Å²) >= 11 is 1.36. The zero-order chi connectivity index (χ0) is 9.97. The number of nitrogens with one attached hydrogen (secondary N) is 1. The van der Waals surface area contributed by atoms with Crippen LogP contribution in [-0.4, -0.2) is 19.4 Å². The third-order valence-corrected chi connectivity index (χ3v) is 2.52. The van der Waals surface area contributed by atoms with Gasteiger partial charge in [0.05, 0.1) is 12.2 Å². The molecule has 0 unspecified atom stereocenters. The Hall–Kier alpha value is -1.43. The molecular formula is C8H11N5S. The van der Waals surface area contributed by atoms with Crippen LogP contribution in [0.3, 0.4) is 0 Å². The number of aromatic nitrogens is 4. The highest BCUT2D eigenvalue weighted by Crippen LogP contribution is 2.08. The Labute approximate surface area is 85.9 Å². The fourth-order valence-electron chi connectivity index (χ4n) is 1.09. The minimum absolute atomic E-state index is 0.674. The molecule has 0 aliphatic carbocycles. The summed E-state index contributed by atoms with van der Waals surface area (Å²) in [7, 11) is 1.92. The van der Waals surface area contributed by atoms with Crippen LogP contribution < -0.4 is 5.32 Å². The molecule has 2 aromatic heterocycles. The summed E-state index contributed by atoms with van der Waals surface area (Å²) in [4.78, 5) is 0. The standard InChI is InChI=1S/C8H11N5S/c1-6-3-8(11-13(6)2)9-4-7-5-14-12-10-7/h3,5H,4H2,1-2H3,(H,9,11). The molecule has 0 aromatic carbocycles. The summed E-state index contributed by atoms with van der Waals surface area (Å²) in [6, 6.07) is 2.00. The predicted molar refractivity (Wildman–Crippen MR) is 55.2 cm³/mol. The van der Waals surface area contributed by atoms with Gasteiger partial charge in [0.1, 0.15) is 5.82 Å². The average molecular weight is 209 g/mol. The van der Waals surface area contributed by atoms with Crippen LogP contribution in [0.5, 0.6) is 0 Å². The van der Waals surface area contributed by atoms with Crippen molar-refractivity contribution in [3.05, 3.63) is 22.8 Å². The van der Waals surface area contributed by atoms with E-state index < -0.39 is 0 Å². The van der Waals surface area contributed by atoms with E-state index in [9.17, 15) is 0 Å². The Morgan fingerprint density at radius 3 is 3.00 bits per heavy atom. The molecule has 6 heteroatoms. The lowest BCUT2D eigenvalue weighted by atomic mass is 10.4. The summed E-state index contributed by atoms with van der Waals surface area (Å²) < 4.78 is 5.62. The third-order valence-electron chi connectivity index (χ3n) is 1.97. The van der Waals surface area contributed by atoms with Crippen LogP contribution in [0.25, 0.3) is 0 Å². The zero-order valence-electron chi connectivity index (χ0n) is 8.06. The minimum atomic E-state index is 0.674. The summed E-state index contributed by atoms with van der Waals surface area (Å²) in [5, 5.41) is 13.3. The first-order valence-electron chi connectivity index (χ1n) is 4.26. The maximum atomic E-state index is 4.27. The topological polar surface area (TPSA) is 55.6 Å². The molecule has 0 amide bonds. The van der Waals surface area contributed by atoms with Gasteiger partial charge in [-0.2, -0.15) is 5.10 Å². The van der Waals surface area contributed by atoms with Crippen molar-refractivity contribution < 1.29 is 0 Å². The van der Waals surface area contributed by atoms with Crippen LogP contribution in [0, 0.1) is 6.92 Å². The van der Waals surface area contributed by atoms with Gasteiger partial charge < -0.3 is 5.32 Å².